The maximum absolute atomic E-state index is 13.9. The summed E-state index contributed by atoms with van der Waals surface area (Å²) in [5, 5.41) is 20.9. The predicted molar refractivity (Wildman–Crippen MR) is 130 cm³/mol. The van der Waals surface area contributed by atoms with E-state index in [1.807, 2.05) is 0 Å². The van der Waals surface area contributed by atoms with Gasteiger partial charge in [-0.25, -0.2) is 13.4 Å². The number of hydrogen-bond acceptors (Lipinski definition) is 8. The van der Waals surface area contributed by atoms with Crippen LogP contribution in [0.15, 0.2) is 27.5 Å². The lowest BCUT2D eigenvalue weighted by Gasteiger charge is -2.36. The van der Waals surface area contributed by atoms with Gasteiger partial charge in [0, 0.05) is 38.7 Å². The molecule has 3 rings (SSSR count). The number of ether oxygens (including phenoxy) is 1. The molecular formula is C23H34N4O7S. The number of non-ortho nitro benzene ring substituents is 1. The van der Waals surface area contributed by atoms with E-state index in [2.05, 4.69) is 4.36 Å². The Hall–Kier alpha value is -2.73. The lowest BCUT2D eigenvalue weighted by molar-refractivity contribution is -0.385. The summed E-state index contributed by atoms with van der Waals surface area (Å²) in [6.45, 7) is 7.59. The molecule has 2 aliphatic rings. The zero-order chi connectivity index (χ0) is 26.1. The maximum Gasteiger partial charge on any atom is 0.411 e. The third kappa shape index (κ3) is 5.75. The number of aliphatic hydroxyl groups excluding tert-OH is 1. The normalized spacial score (nSPS) is 23.0. The summed E-state index contributed by atoms with van der Waals surface area (Å²) in [5.74, 6) is -0.266. The summed E-state index contributed by atoms with van der Waals surface area (Å²) in [4.78, 5) is 39.9. The number of β-amino-alcohol motifs (C(OH)–C–C–N with tert-alkyl or cyclic N) is 1. The number of nitro benzene ring substituents is 1. The Bertz CT molecular complexity index is 1120. The molecule has 2 heterocycles. The molecule has 11 nitrogen and oxygen atoms in total. The van der Waals surface area contributed by atoms with Gasteiger partial charge in [-0.2, -0.15) is 0 Å². The number of aliphatic hydroxyl groups is 1. The van der Waals surface area contributed by atoms with Gasteiger partial charge in [-0.15, -0.1) is 0 Å². The van der Waals surface area contributed by atoms with Gasteiger partial charge in [-0.05, 0) is 52.2 Å². The lowest BCUT2D eigenvalue weighted by atomic mass is 10.1. The minimum atomic E-state index is -2.86. The third-order valence-corrected chi connectivity index (χ3v) is 9.36. The van der Waals surface area contributed by atoms with Gasteiger partial charge >= 0.3 is 6.09 Å². The number of carbonyl (C=O) groups excluding carboxylic acids is 2. The quantitative estimate of drug-likeness (QED) is 0.485. The molecule has 12 heteroatoms. The summed E-state index contributed by atoms with van der Waals surface area (Å²) in [6, 6.07) is 3.44. The average Bonchev–Trinajstić information content (AvgIpc) is 3.19. The minimum Gasteiger partial charge on any atom is -0.444 e. The maximum atomic E-state index is 13.9. The molecule has 0 saturated carbocycles. The number of rotatable bonds is 4. The first-order chi connectivity index (χ1) is 16.3. The second-order valence-electron chi connectivity index (χ2n) is 10.0. The van der Waals surface area contributed by atoms with Crippen LogP contribution in [0.1, 0.15) is 45.6 Å². The number of benzene rings is 1. The highest BCUT2D eigenvalue weighted by atomic mass is 32.2. The Kier molecular flexibility index (Phi) is 7.75. The molecule has 0 aliphatic carbocycles. The zero-order valence-corrected chi connectivity index (χ0v) is 21.6. The van der Waals surface area contributed by atoms with Crippen LogP contribution in [0.25, 0.3) is 0 Å². The summed E-state index contributed by atoms with van der Waals surface area (Å²) < 4.78 is 23.6. The van der Waals surface area contributed by atoms with Crippen LogP contribution in [0.5, 0.6) is 0 Å². The first-order valence-corrected chi connectivity index (χ1v) is 13.2. The highest BCUT2D eigenvalue weighted by Crippen LogP contribution is 2.32. The molecule has 0 bridgehead atoms. The molecule has 1 aromatic rings. The fourth-order valence-corrected chi connectivity index (χ4v) is 7.17. The number of piperidine rings is 1. The number of nitro groups is 1. The van der Waals surface area contributed by atoms with Crippen LogP contribution in [0.2, 0.25) is 0 Å². The third-order valence-electron chi connectivity index (χ3n) is 6.35. The van der Waals surface area contributed by atoms with Crippen molar-refractivity contribution >= 4 is 27.4 Å². The van der Waals surface area contributed by atoms with Crippen molar-refractivity contribution in [1.82, 2.24) is 9.80 Å². The van der Waals surface area contributed by atoms with E-state index in [9.17, 15) is 29.0 Å². The monoisotopic (exact) mass is 510 g/mol. The first kappa shape index (κ1) is 26.9. The molecule has 2 aliphatic heterocycles. The minimum absolute atomic E-state index is 0.0315. The molecule has 35 heavy (non-hydrogen) atoms. The number of nitrogens with zero attached hydrogens (tertiary/aromatic N) is 4. The smallest absolute Gasteiger partial charge is 0.411 e. The summed E-state index contributed by atoms with van der Waals surface area (Å²) in [6.07, 6.45) is -0.443. The van der Waals surface area contributed by atoms with Crippen LogP contribution in [0.4, 0.5) is 10.5 Å². The molecule has 0 spiro atoms. The Balaban J connectivity index is 1.73. The molecule has 3 atom stereocenters. The van der Waals surface area contributed by atoms with Gasteiger partial charge in [0.1, 0.15) is 11.6 Å². The lowest BCUT2D eigenvalue weighted by Crippen LogP contribution is -2.51. The predicted octanol–water partition coefficient (Wildman–Crippen LogP) is 2.72. The van der Waals surface area contributed by atoms with Gasteiger partial charge in [0.05, 0.1) is 37.4 Å². The standard InChI is InChI=1S/C23H34N4O7S/c1-15-12-16(27(31)32)6-7-20(15)35(33,24-5)18-8-10-25(11-9-18)21(29)19-13-17(28)14-26(19)22(30)34-23(2,3)4/h6-7,12,17-19,28H,8-11,13-14H2,1-5H3/t17-,19+,35?/m1/s1. The van der Waals surface area contributed by atoms with Gasteiger partial charge in [-0.1, -0.05) is 0 Å². The molecule has 2 fully saturated rings. The van der Waals surface area contributed by atoms with Crippen LogP contribution in [0, 0.1) is 17.0 Å². The summed E-state index contributed by atoms with van der Waals surface area (Å²) in [5.41, 5.74) is -0.254. The fourth-order valence-electron chi connectivity index (χ4n) is 4.68. The number of hydrogen-bond donors (Lipinski definition) is 1. The number of amides is 2. The molecule has 2 amide bonds. The first-order valence-electron chi connectivity index (χ1n) is 11.6. The van der Waals surface area contributed by atoms with Crippen molar-refractivity contribution in [3.63, 3.8) is 0 Å². The van der Waals surface area contributed by atoms with Gasteiger partial charge in [0.25, 0.3) is 5.69 Å². The van der Waals surface area contributed by atoms with Gasteiger partial charge < -0.3 is 14.7 Å². The van der Waals surface area contributed by atoms with E-state index in [-0.39, 0.29) is 29.8 Å². The molecular weight excluding hydrogens is 476 g/mol. The van der Waals surface area contributed by atoms with E-state index in [1.165, 1.54) is 30.1 Å². The Labute approximate surface area is 205 Å². The molecule has 0 aromatic heterocycles. The van der Waals surface area contributed by atoms with Crippen molar-refractivity contribution in [2.75, 3.05) is 26.7 Å². The molecule has 1 unspecified atom stereocenters. The van der Waals surface area contributed by atoms with E-state index in [1.54, 1.807) is 32.6 Å². The van der Waals surface area contributed by atoms with E-state index >= 15 is 0 Å². The molecule has 2 saturated heterocycles. The van der Waals surface area contributed by atoms with E-state index < -0.39 is 38.5 Å². The van der Waals surface area contributed by atoms with Crippen LogP contribution in [-0.4, -0.2) is 85.7 Å². The van der Waals surface area contributed by atoms with E-state index in [0.29, 0.717) is 36.4 Å². The van der Waals surface area contributed by atoms with Crippen molar-refractivity contribution in [3.8, 4) is 0 Å². The molecule has 1 N–H and O–H groups in total. The molecule has 194 valence electrons. The summed E-state index contributed by atoms with van der Waals surface area (Å²) in [7, 11) is -1.38. The van der Waals surface area contributed by atoms with E-state index in [4.69, 9.17) is 4.74 Å². The second-order valence-corrected chi connectivity index (χ2v) is 12.6. The molecule has 0 radical (unpaired) electrons. The van der Waals surface area contributed by atoms with Gasteiger partial charge in [-0.3, -0.25) is 19.8 Å². The molecule has 1 aromatic carbocycles. The van der Waals surface area contributed by atoms with Crippen molar-refractivity contribution < 1.29 is 28.6 Å². The highest BCUT2D eigenvalue weighted by Gasteiger charge is 2.43. The number of likely N-dealkylation sites (tertiary alicyclic amines) is 2. The van der Waals surface area contributed by atoms with Gasteiger partial charge in [0.15, 0.2) is 0 Å². The Morgan fingerprint density at radius 3 is 2.40 bits per heavy atom. The Morgan fingerprint density at radius 1 is 1.26 bits per heavy atom. The van der Waals surface area contributed by atoms with Crippen molar-refractivity contribution in [3.05, 3.63) is 33.9 Å². The number of aryl methyl sites for hydroxylation is 1. The van der Waals surface area contributed by atoms with E-state index in [0.717, 1.165) is 0 Å². The van der Waals surface area contributed by atoms with Gasteiger partial charge in [0.2, 0.25) is 5.91 Å². The summed E-state index contributed by atoms with van der Waals surface area (Å²) >= 11 is 0. The van der Waals surface area contributed by atoms with Crippen molar-refractivity contribution in [2.45, 2.75) is 74.8 Å². The second kappa shape index (κ2) is 10.1. The van der Waals surface area contributed by atoms with Crippen LogP contribution in [-0.2, 0) is 19.3 Å². The van der Waals surface area contributed by atoms with Crippen LogP contribution >= 0.6 is 0 Å². The SMILES string of the molecule is CN=S(=O)(c1ccc([N+](=O)[O-])cc1C)C1CCN(C(=O)[C@@H]2C[C@@H](O)CN2C(=O)OC(C)(C)C)CC1. The van der Waals surface area contributed by atoms with Crippen LogP contribution < -0.4 is 0 Å². The highest BCUT2D eigenvalue weighted by molar-refractivity contribution is 7.94. The average molecular weight is 511 g/mol. The zero-order valence-electron chi connectivity index (χ0n) is 20.8. The Morgan fingerprint density at radius 2 is 1.89 bits per heavy atom. The fraction of sp³-hybridized carbons (Fsp3) is 0.652. The number of carbonyl (C=O) groups is 2. The van der Waals surface area contributed by atoms with Crippen molar-refractivity contribution in [1.29, 1.82) is 0 Å². The topological polar surface area (TPSA) is 143 Å². The van der Waals surface area contributed by atoms with Crippen LogP contribution in [0.3, 0.4) is 0 Å². The largest absolute Gasteiger partial charge is 0.444 e. The van der Waals surface area contributed by atoms with Crippen molar-refractivity contribution in [2.24, 2.45) is 4.36 Å².